The third kappa shape index (κ3) is 3.91. The van der Waals surface area contributed by atoms with Crippen LogP contribution in [0.15, 0.2) is 40.8 Å². The summed E-state index contributed by atoms with van der Waals surface area (Å²) in [5.74, 6) is -0.722. The van der Waals surface area contributed by atoms with E-state index in [1.807, 2.05) is 6.92 Å². The van der Waals surface area contributed by atoms with Gasteiger partial charge < -0.3 is 15.2 Å². The number of rotatable bonds is 7. The molecule has 0 fully saturated rings. The number of aromatic nitrogens is 1. The van der Waals surface area contributed by atoms with Gasteiger partial charge in [0.1, 0.15) is 17.8 Å². The number of ketones is 1. The lowest BCUT2D eigenvalue weighted by Gasteiger charge is -2.07. The Kier molecular flexibility index (Phi) is 5.41. The molecule has 0 saturated carbocycles. The van der Waals surface area contributed by atoms with Gasteiger partial charge in [0, 0.05) is 42.1 Å². The van der Waals surface area contributed by atoms with Crippen LogP contribution in [0.3, 0.4) is 0 Å². The Hall–Kier alpha value is -2.76. The van der Waals surface area contributed by atoms with Crippen LogP contribution in [0.25, 0.3) is 11.3 Å². The Morgan fingerprint density at radius 3 is 2.91 bits per heavy atom. The molecule has 1 aromatic heterocycles. The highest BCUT2D eigenvalue weighted by molar-refractivity contribution is 6.00. The number of hydrogen-bond donors (Lipinski definition) is 2. The van der Waals surface area contributed by atoms with E-state index in [2.05, 4.69) is 10.5 Å². The summed E-state index contributed by atoms with van der Waals surface area (Å²) in [4.78, 5) is 11.8. The molecule has 0 atom stereocenters. The summed E-state index contributed by atoms with van der Waals surface area (Å²) in [7, 11) is 0. The van der Waals surface area contributed by atoms with Gasteiger partial charge in [0.05, 0.1) is 0 Å². The summed E-state index contributed by atoms with van der Waals surface area (Å²) in [5, 5.41) is 14.5. The number of carbonyl (C=O) groups is 1. The van der Waals surface area contributed by atoms with Gasteiger partial charge in [-0.25, -0.2) is 4.39 Å². The van der Waals surface area contributed by atoms with Gasteiger partial charge in [-0.2, -0.15) is 0 Å². The van der Waals surface area contributed by atoms with Crippen LogP contribution in [-0.2, 0) is 6.42 Å². The van der Waals surface area contributed by atoms with Gasteiger partial charge in [0.15, 0.2) is 5.78 Å². The lowest BCUT2D eigenvalue weighted by molar-refractivity contribution is 0.101. The topological polar surface area (TPSA) is 79.0 Å². The van der Waals surface area contributed by atoms with E-state index in [0.717, 1.165) is 17.7 Å². The monoisotopic (exact) mass is 315 g/mol. The van der Waals surface area contributed by atoms with Gasteiger partial charge in [-0.3, -0.25) is 4.79 Å². The van der Waals surface area contributed by atoms with Gasteiger partial charge in [0.25, 0.3) is 0 Å². The first-order valence-electron chi connectivity index (χ1n) is 7.23. The Balaban J connectivity index is 2.42. The number of halogens is 1. The van der Waals surface area contributed by atoms with E-state index < -0.39 is 5.82 Å². The Morgan fingerprint density at radius 2 is 2.26 bits per heavy atom. The van der Waals surface area contributed by atoms with Crippen LogP contribution in [-0.4, -0.2) is 23.7 Å². The number of benzene rings is 1. The first kappa shape index (κ1) is 16.6. The zero-order valence-electron chi connectivity index (χ0n) is 13.0. The largest absolute Gasteiger partial charge is 0.391 e. The van der Waals surface area contributed by atoms with Crippen LogP contribution < -0.4 is 5.32 Å². The average molecular weight is 315 g/mol. The molecule has 2 N–H and O–H groups in total. The maximum absolute atomic E-state index is 13.4. The van der Waals surface area contributed by atoms with E-state index in [1.165, 1.54) is 37.6 Å². The smallest absolute Gasteiger partial charge is 0.160 e. The van der Waals surface area contributed by atoms with Crippen molar-refractivity contribution in [1.29, 1.82) is 5.41 Å². The van der Waals surface area contributed by atoms with Gasteiger partial charge in [0.2, 0.25) is 0 Å². The second kappa shape index (κ2) is 7.49. The third-order valence-electron chi connectivity index (χ3n) is 3.33. The van der Waals surface area contributed by atoms with Gasteiger partial charge >= 0.3 is 0 Å². The molecule has 6 heteroatoms. The molecule has 5 nitrogen and oxygen atoms in total. The summed E-state index contributed by atoms with van der Waals surface area (Å²) >= 11 is 0. The van der Waals surface area contributed by atoms with Crippen molar-refractivity contribution in [1.82, 2.24) is 10.5 Å². The zero-order chi connectivity index (χ0) is 16.8. The van der Waals surface area contributed by atoms with Crippen molar-refractivity contribution in [2.75, 3.05) is 6.54 Å². The Labute approximate surface area is 133 Å². The van der Waals surface area contributed by atoms with Crippen LogP contribution in [0.5, 0.6) is 0 Å². The van der Waals surface area contributed by atoms with Crippen molar-refractivity contribution < 1.29 is 13.7 Å². The fourth-order valence-corrected chi connectivity index (χ4v) is 2.22. The molecule has 0 unspecified atom stereocenters. The fraction of sp³-hybridized carbons (Fsp3) is 0.235. The normalized spacial score (nSPS) is 11.3. The molecule has 1 aromatic carbocycles. The van der Waals surface area contributed by atoms with Crippen molar-refractivity contribution in [3.63, 3.8) is 0 Å². The van der Waals surface area contributed by atoms with E-state index in [1.54, 1.807) is 6.20 Å². The molecule has 0 aliphatic heterocycles. The van der Waals surface area contributed by atoms with Crippen molar-refractivity contribution in [2.45, 2.75) is 20.3 Å². The molecule has 2 aromatic rings. The third-order valence-corrected chi connectivity index (χ3v) is 3.33. The standard InChI is InChI=1S/C17H18FN3O2/c1-3-20-9-12(8-19)6-13-10-23-21-17(13)15-5-4-14(18)7-16(15)11(2)22/h4-5,7-10,19-20H,3,6H2,1-2H3/b12-9-,19-8?. The maximum atomic E-state index is 13.4. The van der Waals surface area contributed by atoms with E-state index in [9.17, 15) is 9.18 Å². The second-order valence-corrected chi connectivity index (χ2v) is 5.03. The predicted molar refractivity (Wildman–Crippen MR) is 86.1 cm³/mol. The Morgan fingerprint density at radius 1 is 1.48 bits per heavy atom. The minimum Gasteiger partial charge on any atom is -0.391 e. The molecule has 0 spiro atoms. The van der Waals surface area contributed by atoms with Gasteiger partial charge in [-0.05, 0) is 37.6 Å². The fourth-order valence-electron chi connectivity index (χ4n) is 2.22. The molecule has 0 bridgehead atoms. The number of carbonyl (C=O) groups excluding carboxylic acids is 1. The van der Waals surface area contributed by atoms with Crippen molar-refractivity contribution in [2.24, 2.45) is 0 Å². The van der Waals surface area contributed by atoms with E-state index in [0.29, 0.717) is 17.7 Å². The first-order valence-corrected chi connectivity index (χ1v) is 7.23. The number of nitrogens with one attached hydrogen (secondary N) is 2. The lowest BCUT2D eigenvalue weighted by Crippen LogP contribution is -2.06. The number of nitrogens with zero attached hydrogens (tertiary/aromatic N) is 1. The van der Waals surface area contributed by atoms with Crippen LogP contribution >= 0.6 is 0 Å². The molecule has 2 rings (SSSR count). The van der Waals surface area contributed by atoms with Crippen LogP contribution in [0.1, 0.15) is 29.8 Å². The predicted octanol–water partition coefficient (Wildman–Crippen LogP) is 3.37. The number of Topliss-reactive ketones (excluding diaryl/α,β-unsaturated/α-hetero) is 1. The summed E-state index contributed by atoms with van der Waals surface area (Å²) < 4.78 is 18.4. The molecule has 0 radical (unpaired) electrons. The minimum atomic E-state index is -0.476. The summed E-state index contributed by atoms with van der Waals surface area (Å²) in [6.07, 6.45) is 4.90. The molecule has 0 aliphatic carbocycles. The van der Waals surface area contributed by atoms with Gasteiger partial charge in [-0.1, -0.05) is 5.16 Å². The van der Waals surface area contributed by atoms with Crippen molar-refractivity contribution in [3.8, 4) is 11.3 Å². The first-order chi connectivity index (χ1) is 11.1. The summed E-state index contributed by atoms with van der Waals surface area (Å²) in [5.41, 5.74) is 2.73. The number of allylic oxidation sites excluding steroid dienone is 1. The number of hydrogen-bond acceptors (Lipinski definition) is 5. The highest BCUT2D eigenvalue weighted by atomic mass is 19.1. The van der Waals surface area contributed by atoms with Crippen molar-refractivity contribution in [3.05, 3.63) is 53.2 Å². The quantitative estimate of drug-likeness (QED) is 0.606. The molecule has 0 aliphatic rings. The van der Waals surface area contributed by atoms with Crippen LogP contribution in [0, 0.1) is 11.2 Å². The lowest BCUT2D eigenvalue weighted by atomic mass is 9.97. The molecule has 120 valence electrons. The molecule has 0 saturated heterocycles. The summed E-state index contributed by atoms with van der Waals surface area (Å²) in [6, 6.07) is 4.00. The van der Waals surface area contributed by atoms with Crippen LogP contribution in [0.4, 0.5) is 4.39 Å². The highest BCUT2D eigenvalue weighted by Crippen LogP contribution is 2.28. The molecule has 1 heterocycles. The van der Waals surface area contributed by atoms with E-state index >= 15 is 0 Å². The highest BCUT2D eigenvalue weighted by Gasteiger charge is 2.17. The minimum absolute atomic E-state index is 0.246. The molecular formula is C17H18FN3O2. The van der Waals surface area contributed by atoms with Crippen molar-refractivity contribution >= 4 is 12.0 Å². The van der Waals surface area contributed by atoms with E-state index in [-0.39, 0.29) is 11.3 Å². The Bertz CT molecular complexity index is 750. The average Bonchev–Trinajstić information content (AvgIpc) is 2.99. The van der Waals surface area contributed by atoms with Crippen LogP contribution in [0.2, 0.25) is 0 Å². The summed E-state index contributed by atoms with van der Waals surface area (Å²) in [6.45, 7) is 4.09. The molecule has 23 heavy (non-hydrogen) atoms. The second-order valence-electron chi connectivity index (χ2n) is 5.03. The molecular weight excluding hydrogens is 297 g/mol. The molecule has 0 amide bonds. The maximum Gasteiger partial charge on any atom is 0.160 e. The van der Waals surface area contributed by atoms with Gasteiger partial charge in [-0.15, -0.1) is 0 Å². The zero-order valence-corrected chi connectivity index (χ0v) is 13.0. The van der Waals surface area contributed by atoms with E-state index in [4.69, 9.17) is 9.93 Å². The SMILES string of the molecule is CCN/C=C(\C=N)Cc1conc1-c1ccc(F)cc1C(C)=O.